The zero-order chi connectivity index (χ0) is 22.6. The van der Waals surface area contributed by atoms with Crippen molar-refractivity contribution >= 4 is 11.6 Å². The highest BCUT2D eigenvalue weighted by molar-refractivity contribution is 5.99. The molecule has 1 heterocycles. The van der Waals surface area contributed by atoms with Crippen molar-refractivity contribution in [3.63, 3.8) is 0 Å². The molecule has 1 aromatic rings. The molecule has 1 amide bonds. The third-order valence-electron chi connectivity index (χ3n) is 4.43. The lowest BCUT2D eigenvalue weighted by molar-refractivity contribution is -0.114. The van der Waals surface area contributed by atoms with Crippen molar-refractivity contribution in [1.29, 1.82) is 0 Å². The Labute approximate surface area is 173 Å². The Morgan fingerprint density at radius 2 is 1.52 bits per heavy atom. The van der Waals surface area contributed by atoms with Gasteiger partial charge in [0, 0.05) is 31.6 Å². The minimum atomic E-state index is -2.71. The first-order valence-electron chi connectivity index (χ1n) is 10.2. The summed E-state index contributed by atoms with van der Waals surface area (Å²) in [5.74, 6) is -3.35. The molecule has 1 aliphatic rings. The van der Waals surface area contributed by atoms with Crippen LogP contribution in [0.5, 0.6) is 0 Å². The Balaban J connectivity index is 0.00000184. The number of nitrogens with two attached hydrogens (primary N) is 3. The molecule has 0 spiro atoms. The number of hydrogen-bond acceptors (Lipinski definition) is 4. The minimum Gasteiger partial charge on any atom is -0.398 e. The lowest BCUT2D eigenvalue weighted by atomic mass is 10.00. The normalized spacial score (nSPS) is 17.3. The van der Waals surface area contributed by atoms with Crippen molar-refractivity contribution in [3.05, 3.63) is 52.9 Å². The standard InChI is InChI=1S/C18H24F2N4O.2C2H6/c1-12(15(21)13-6-3-2-4-7-13)14(17(23)25)16(22)24-10-5-8-18(19,20)9-11-24;2*1-2/h2-4,6-7H,5,8-11,21-22H2,1H3,(H2,23,25);2*1-2H3/b15-12-,16-14-;;. The predicted octanol–water partition coefficient (Wildman–Crippen LogP) is 4.21. The van der Waals surface area contributed by atoms with Crippen LogP contribution in [0.1, 0.15) is 59.4 Å². The molecule has 1 saturated heterocycles. The summed E-state index contributed by atoms with van der Waals surface area (Å²) in [6.07, 6.45) is -0.211. The van der Waals surface area contributed by atoms with Crippen LogP contribution in [0.15, 0.2) is 47.3 Å². The molecule has 0 radical (unpaired) electrons. The Morgan fingerprint density at radius 1 is 0.966 bits per heavy atom. The van der Waals surface area contributed by atoms with E-state index in [4.69, 9.17) is 17.2 Å². The molecule has 7 heteroatoms. The van der Waals surface area contributed by atoms with E-state index in [1.807, 2.05) is 45.9 Å². The van der Waals surface area contributed by atoms with Crippen molar-refractivity contribution in [2.45, 2.75) is 59.8 Å². The number of alkyl halides is 2. The Kier molecular flexibility index (Phi) is 11.7. The quantitative estimate of drug-likeness (QED) is 0.512. The largest absolute Gasteiger partial charge is 0.398 e. The maximum atomic E-state index is 13.6. The zero-order valence-electron chi connectivity index (χ0n) is 18.3. The van der Waals surface area contributed by atoms with Crippen LogP contribution in [-0.2, 0) is 4.79 Å². The number of carbonyl (C=O) groups is 1. The smallest absolute Gasteiger partial charge is 0.252 e. The first kappa shape index (κ1) is 26.4. The Morgan fingerprint density at radius 3 is 2.03 bits per heavy atom. The molecule has 2 rings (SSSR count). The number of primary amides is 1. The maximum absolute atomic E-state index is 13.6. The molecule has 29 heavy (non-hydrogen) atoms. The molecule has 0 atom stereocenters. The van der Waals surface area contributed by atoms with Gasteiger partial charge in [0.2, 0.25) is 5.92 Å². The topological polar surface area (TPSA) is 98.4 Å². The molecule has 0 unspecified atom stereocenters. The molecule has 5 nitrogen and oxygen atoms in total. The number of nitrogens with zero attached hydrogens (tertiary/aromatic N) is 1. The van der Waals surface area contributed by atoms with E-state index < -0.39 is 11.8 Å². The second kappa shape index (κ2) is 12.8. The number of rotatable bonds is 4. The van der Waals surface area contributed by atoms with Crippen molar-refractivity contribution in [1.82, 2.24) is 4.90 Å². The van der Waals surface area contributed by atoms with Crippen LogP contribution < -0.4 is 17.2 Å². The Bertz CT molecular complexity index is 700. The van der Waals surface area contributed by atoms with E-state index in [0.717, 1.165) is 5.56 Å². The average molecular weight is 411 g/mol. The average Bonchev–Trinajstić information content (AvgIpc) is 2.91. The molecule has 6 N–H and O–H groups in total. The Hall–Kier alpha value is -2.57. The molecule has 1 aromatic carbocycles. The molecule has 0 aromatic heterocycles. The molecule has 0 saturated carbocycles. The summed E-state index contributed by atoms with van der Waals surface area (Å²) in [5.41, 5.74) is 19.4. The van der Waals surface area contributed by atoms with Crippen molar-refractivity contribution < 1.29 is 13.6 Å². The van der Waals surface area contributed by atoms with Gasteiger partial charge in [-0.1, -0.05) is 58.0 Å². The molecule has 164 valence electrons. The van der Waals surface area contributed by atoms with E-state index in [0.29, 0.717) is 17.8 Å². The van der Waals surface area contributed by atoms with Gasteiger partial charge >= 0.3 is 0 Å². The minimum absolute atomic E-state index is 0.0636. The molecule has 0 bridgehead atoms. The molecule has 1 aliphatic heterocycles. The van der Waals surface area contributed by atoms with Gasteiger partial charge in [-0.25, -0.2) is 8.78 Å². The number of likely N-dealkylation sites (tertiary alicyclic amines) is 1. The molecule has 1 fully saturated rings. The van der Waals surface area contributed by atoms with E-state index >= 15 is 0 Å². The van der Waals surface area contributed by atoms with Gasteiger partial charge in [0.1, 0.15) is 5.82 Å². The summed E-state index contributed by atoms with van der Waals surface area (Å²) in [6.45, 7) is 10.1. The van der Waals surface area contributed by atoms with Gasteiger partial charge in [0.05, 0.1) is 5.57 Å². The lowest BCUT2D eigenvalue weighted by Crippen LogP contribution is -2.34. The maximum Gasteiger partial charge on any atom is 0.252 e. The monoisotopic (exact) mass is 410 g/mol. The summed E-state index contributed by atoms with van der Waals surface area (Å²) < 4.78 is 27.1. The zero-order valence-corrected chi connectivity index (χ0v) is 18.3. The van der Waals surface area contributed by atoms with E-state index in [-0.39, 0.29) is 37.2 Å². The van der Waals surface area contributed by atoms with Crippen molar-refractivity contribution in [2.75, 3.05) is 13.1 Å². The fourth-order valence-electron chi connectivity index (χ4n) is 2.93. The fraction of sp³-hybridized carbons (Fsp3) is 0.500. The van der Waals surface area contributed by atoms with Gasteiger partial charge in [-0.15, -0.1) is 0 Å². The van der Waals surface area contributed by atoms with Gasteiger partial charge in [0.25, 0.3) is 5.91 Å². The van der Waals surface area contributed by atoms with Crippen LogP contribution >= 0.6 is 0 Å². The number of halogens is 2. The highest BCUT2D eigenvalue weighted by Gasteiger charge is 2.32. The van der Waals surface area contributed by atoms with E-state index in [2.05, 4.69) is 0 Å². The van der Waals surface area contributed by atoms with Crippen LogP contribution in [-0.4, -0.2) is 29.8 Å². The summed E-state index contributed by atoms with van der Waals surface area (Å²) in [6, 6.07) is 9.11. The van der Waals surface area contributed by atoms with Gasteiger partial charge < -0.3 is 22.1 Å². The number of amides is 1. The van der Waals surface area contributed by atoms with Crippen LogP contribution in [0.2, 0.25) is 0 Å². The highest BCUT2D eigenvalue weighted by atomic mass is 19.3. The van der Waals surface area contributed by atoms with E-state index in [1.54, 1.807) is 24.0 Å². The molecular formula is C22H36F2N4O. The summed E-state index contributed by atoms with van der Waals surface area (Å²) in [4.78, 5) is 13.6. The molecular weight excluding hydrogens is 374 g/mol. The predicted molar refractivity (Wildman–Crippen MR) is 117 cm³/mol. The van der Waals surface area contributed by atoms with Crippen LogP contribution in [0, 0.1) is 0 Å². The lowest BCUT2D eigenvalue weighted by Gasteiger charge is -2.25. The SMILES string of the molecule is CC.CC.CC(/C(C(N)=O)=C(\N)N1CCCC(F)(F)CC1)=C(/N)c1ccccc1. The van der Waals surface area contributed by atoms with Crippen molar-refractivity contribution in [2.24, 2.45) is 17.2 Å². The second-order valence-electron chi connectivity index (χ2n) is 6.23. The third-order valence-corrected chi connectivity index (χ3v) is 4.43. The van der Waals surface area contributed by atoms with Crippen LogP contribution in [0.3, 0.4) is 0 Å². The first-order valence-corrected chi connectivity index (χ1v) is 10.2. The second-order valence-corrected chi connectivity index (χ2v) is 6.23. The number of benzene rings is 1. The summed E-state index contributed by atoms with van der Waals surface area (Å²) >= 11 is 0. The van der Waals surface area contributed by atoms with Crippen LogP contribution in [0.4, 0.5) is 8.78 Å². The van der Waals surface area contributed by atoms with Gasteiger partial charge in [-0.2, -0.15) is 0 Å². The number of carbonyl (C=O) groups excluding carboxylic acids is 1. The summed E-state index contributed by atoms with van der Waals surface area (Å²) in [7, 11) is 0. The van der Waals surface area contributed by atoms with E-state index in [1.165, 1.54) is 0 Å². The first-order chi connectivity index (χ1) is 13.7. The van der Waals surface area contributed by atoms with Crippen molar-refractivity contribution in [3.8, 4) is 0 Å². The third kappa shape index (κ3) is 7.75. The fourth-order valence-corrected chi connectivity index (χ4v) is 2.93. The molecule has 0 aliphatic carbocycles. The van der Waals surface area contributed by atoms with Gasteiger partial charge in [-0.05, 0) is 24.5 Å². The summed E-state index contributed by atoms with van der Waals surface area (Å²) in [5, 5.41) is 0. The van der Waals surface area contributed by atoms with Gasteiger partial charge in [-0.3, -0.25) is 4.79 Å². The highest BCUT2D eigenvalue weighted by Crippen LogP contribution is 2.30. The van der Waals surface area contributed by atoms with E-state index in [9.17, 15) is 13.6 Å². The van der Waals surface area contributed by atoms with Crippen LogP contribution in [0.25, 0.3) is 5.70 Å². The number of hydrogen-bond donors (Lipinski definition) is 3. The van der Waals surface area contributed by atoms with Gasteiger partial charge in [0.15, 0.2) is 0 Å².